The zero-order chi connectivity index (χ0) is 14.5. The first kappa shape index (κ1) is 14.4. The molecule has 7 heteroatoms. The van der Waals surface area contributed by atoms with Crippen LogP contribution < -0.4 is 10.6 Å². The molecule has 20 heavy (non-hydrogen) atoms. The van der Waals surface area contributed by atoms with E-state index in [1.165, 1.54) is 0 Å². The predicted octanol–water partition coefficient (Wildman–Crippen LogP) is 1.46. The van der Waals surface area contributed by atoms with Gasteiger partial charge in [-0.2, -0.15) is 0 Å². The minimum absolute atomic E-state index is 0.284. The first-order valence-corrected chi connectivity index (χ1v) is 6.51. The Morgan fingerprint density at radius 1 is 1.45 bits per heavy atom. The van der Waals surface area contributed by atoms with Crippen molar-refractivity contribution in [2.24, 2.45) is 5.92 Å². The molecule has 1 aromatic carbocycles. The van der Waals surface area contributed by atoms with Gasteiger partial charge in [0.15, 0.2) is 0 Å². The highest BCUT2D eigenvalue weighted by atomic mass is 19.1. The van der Waals surface area contributed by atoms with E-state index in [1.807, 2.05) is 0 Å². The summed E-state index contributed by atoms with van der Waals surface area (Å²) in [5.41, 5.74) is -0.577. The molecule has 2 rings (SSSR count). The van der Waals surface area contributed by atoms with Crippen LogP contribution in [0.2, 0.25) is 0 Å². The second-order valence-corrected chi connectivity index (χ2v) is 4.82. The van der Waals surface area contributed by atoms with E-state index in [0.717, 1.165) is 44.1 Å². The molecule has 0 atom stereocenters. The van der Waals surface area contributed by atoms with Gasteiger partial charge in [0.05, 0.1) is 10.5 Å². The quantitative estimate of drug-likeness (QED) is 0.646. The SMILES string of the molecule is O=C(NCC1CCNCC1)c1cc([N+](=O)[O-])ccc1F. The Balaban J connectivity index is 2.00. The van der Waals surface area contributed by atoms with E-state index >= 15 is 0 Å². The number of carbonyl (C=O) groups is 1. The average Bonchev–Trinajstić information content (AvgIpc) is 2.46. The van der Waals surface area contributed by atoms with Gasteiger partial charge in [0.2, 0.25) is 0 Å². The third-order valence-electron chi connectivity index (χ3n) is 3.42. The lowest BCUT2D eigenvalue weighted by atomic mass is 9.98. The largest absolute Gasteiger partial charge is 0.352 e. The van der Waals surface area contributed by atoms with Crippen molar-refractivity contribution in [2.45, 2.75) is 12.8 Å². The van der Waals surface area contributed by atoms with Gasteiger partial charge in [0.1, 0.15) is 5.82 Å². The Labute approximate surface area is 115 Å². The molecule has 1 heterocycles. The smallest absolute Gasteiger partial charge is 0.270 e. The fourth-order valence-electron chi connectivity index (χ4n) is 2.22. The fraction of sp³-hybridized carbons (Fsp3) is 0.462. The topological polar surface area (TPSA) is 84.3 Å². The van der Waals surface area contributed by atoms with Crippen LogP contribution in [-0.4, -0.2) is 30.5 Å². The Kier molecular flexibility index (Phi) is 4.62. The molecular weight excluding hydrogens is 265 g/mol. The molecule has 1 aliphatic heterocycles. The maximum Gasteiger partial charge on any atom is 0.270 e. The first-order valence-electron chi connectivity index (χ1n) is 6.51. The molecule has 1 fully saturated rings. The van der Waals surface area contributed by atoms with Gasteiger partial charge < -0.3 is 10.6 Å². The molecule has 0 aliphatic carbocycles. The summed E-state index contributed by atoms with van der Waals surface area (Å²) in [4.78, 5) is 21.9. The van der Waals surface area contributed by atoms with E-state index in [0.29, 0.717) is 12.5 Å². The van der Waals surface area contributed by atoms with E-state index in [2.05, 4.69) is 10.6 Å². The summed E-state index contributed by atoms with van der Waals surface area (Å²) in [6.07, 6.45) is 1.91. The lowest BCUT2D eigenvalue weighted by Gasteiger charge is -2.22. The number of carbonyl (C=O) groups excluding carboxylic acids is 1. The lowest BCUT2D eigenvalue weighted by Crippen LogP contribution is -2.36. The number of piperidine rings is 1. The molecule has 1 saturated heterocycles. The Hall–Kier alpha value is -2.02. The number of nitro benzene ring substituents is 1. The Bertz CT molecular complexity index is 516. The lowest BCUT2D eigenvalue weighted by molar-refractivity contribution is -0.384. The van der Waals surface area contributed by atoms with Crippen molar-refractivity contribution >= 4 is 11.6 Å². The molecule has 0 unspecified atom stereocenters. The van der Waals surface area contributed by atoms with Crippen LogP contribution in [0.4, 0.5) is 10.1 Å². The van der Waals surface area contributed by atoms with Crippen LogP contribution >= 0.6 is 0 Å². The number of amides is 1. The molecule has 2 N–H and O–H groups in total. The highest BCUT2D eigenvalue weighted by Crippen LogP contribution is 2.17. The molecule has 1 amide bonds. The molecule has 0 bridgehead atoms. The van der Waals surface area contributed by atoms with E-state index in [-0.39, 0.29) is 11.3 Å². The molecule has 108 valence electrons. The molecule has 0 spiro atoms. The summed E-state index contributed by atoms with van der Waals surface area (Å²) >= 11 is 0. The van der Waals surface area contributed by atoms with E-state index in [1.54, 1.807) is 0 Å². The van der Waals surface area contributed by atoms with E-state index in [9.17, 15) is 19.3 Å². The highest BCUT2D eigenvalue weighted by molar-refractivity contribution is 5.95. The van der Waals surface area contributed by atoms with Gasteiger partial charge in [-0.3, -0.25) is 14.9 Å². The third kappa shape index (κ3) is 3.51. The summed E-state index contributed by atoms with van der Waals surface area (Å²) in [5.74, 6) is -0.995. The molecule has 0 saturated carbocycles. The van der Waals surface area contributed by atoms with Crippen LogP contribution in [0.25, 0.3) is 0 Å². The van der Waals surface area contributed by atoms with Crippen molar-refractivity contribution < 1.29 is 14.1 Å². The minimum atomic E-state index is -0.751. The molecule has 0 aromatic heterocycles. The van der Waals surface area contributed by atoms with Crippen LogP contribution in [-0.2, 0) is 0 Å². The van der Waals surface area contributed by atoms with Gasteiger partial charge >= 0.3 is 0 Å². The van der Waals surface area contributed by atoms with E-state index in [4.69, 9.17) is 0 Å². The van der Waals surface area contributed by atoms with Gasteiger partial charge in [-0.05, 0) is 37.9 Å². The van der Waals surface area contributed by atoms with Gasteiger partial charge in [-0.1, -0.05) is 0 Å². The van der Waals surface area contributed by atoms with Gasteiger partial charge in [0, 0.05) is 18.7 Å². The molecular formula is C13H16FN3O3. The second kappa shape index (κ2) is 6.42. The third-order valence-corrected chi connectivity index (χ3v) is 3.42. The number of nitrogens with zero attached hydrogens (tertiary/aromatic N) is 1. The number of hydrogen-bond donors (Lipinski definition) is 2. The molecule has 1 aromatic rings. The average molecular weight is 281 g/mol. The summed E-state index contributed by atoms with van der Waals surface area (Å²) in [6.45, 7) is 2.28. The number of nitro groups is 1. The van der Waals surface area contributed by atoms with Gasteiger partial charge in [0.25, 0.3) is 11.6 Å². The van der Waals surface area contributed by atoms with Crippen molar-refractivity contribution in [3.8, 4) is 0 Å². The summed E-state index contributed by atoms with van der Waals surface area (Å²) in [6, 6.07) is 2.95. The maximum absolute atomic E-state index is 13.6. The number of rotatable bonds is 4. The molecule has 6 nitrogen and oxygen atoms in total. The molecule has 1 aliphatic rings. The fourth-order valence-corrected chi connectivity index (χ4v) is 2.22. The highest BCUT2D eigenvalue weighted by Gasteiger charge is 2.19. The number of hydrogen-bond acceptors (Lipinski definition) is 4. The van der Waals surface area contributed by atoms with Gasteiger partial charge in [-0.15, -0.1) is 0 Å². The molecule has 0 radical (unpaired) electrons. The van der Waals surface area contributed by atoms with Crippen LogP contribution in [0.3, 0.4) is 0 Å². The number of nitrogens with one attached hydrogen (secondary N) is 2. The van der Waals surface area contributed by atoms with Gasteiger partial charge in [-0.25, -0.2) is 4.39 Å². The normalized spacial score (nSPS) is 15.8. The number of benzene rings is 1. The zero-order valence-electron chi connectivity index (χ0n) is 10.9. The predicted molar refractivity (Wildman–Crippen MR) is 71.0 cm³/mol. The Morgan fingerprint density at radius 2 is 2.15 bits per heavy atom. The maximum atomic E-state index is 13.6. The Morgan fingerprint density at radius 3 is 2.80 bits per heavy atom. The first-order chi connectivity index (χ1) is 9.58. The summed E-state index contributed by atoms with van der Waals surface area (Å²) in [5, 5.41) is 16.5. The number of non-ortho nitro benzene ring substituents is 1. The van der Waals surface area contributed by atoms with Crippen molar-refractivity contribution in [1.82, 2.24) is 10.6 Å². The number of halogens is 1. The van der Waals surface area contributed by atoms with Crippen molar-refractivity contribution in [3.05, 3.63) is 39.7 Å². The van der Waals surface area contributed by atoms with Crippen LogP contribution in [0.1, 0.15) is 23.2 Å². The monoisotopic (exact) mass is 281 g/mol. The summed E-state index contributed by atoms with van der Waals surface area (Å²) in [7, 11) is 0. The van der Waals surface area contributed by atoms with Crippen LogP contribution in [0.15, 0.2) is 18.2 Å². The van der Waals surface area contributed by atoms with Crippen LogP contribution in [0, 0.1) is 21.8 Å². The standard InChI is InChI=1S/C13H16FN3O3/c14-12-2-1-10(17(19)20)7-11(12)13(18)16-8-9-3-5-15-6-4-9/h1-2,7,9,15H,3-6,8H2,(H,16,18). The van der Waals surface area contributed by atoms with Crippen molar-refractivity contribution in [2.75, 3.05) is 19.6 Å². The van der Waals surface area contributed by atoms with Crippen molar-refractivity contribution in [3.63, 3.8) is 0 Å². The van der Waals surface area contributed by atoms with E-state index < -0.39 is 16.6 Å². The second-order valence-electron chi connectivity index (χ2n) is 4.82. The zero-order valence-corrected chi connectivity index (χ0v) is 10.9. The van der Waals surface area contributed by atoms with Crippen LogP contribution in [0.5, 0.6) is 0 Å². The summed E-state index contributed by atoms with van der Waals surface area (Å²) < 4.78 is 13.6. The van der Waals surface area contributed by atoms with Crippen molar-refractivity contribution in [1.29, 1.82) is 0 Å². The minimum Gasteiger partial charge on any atom is -0.352 e.